The summed E-state index contributed by atoms with van der Waals surface area (Å²) in [5, 5.41) is 12.0. The topological polar surface area (TPSA) is 105 Å². The number of hydrogen-bond acceptors (Lipinski definition) is 5. The second kappa shape index (κ2) is 10.2. The fraction of sp³-hybridized carbons (Fsp3) is 0.0400. The van der Waals surface area contributed by atoms with Crippen LogP contribution in [0.5, 0.6) is 11.5 Å². The number of ether oxygens (including phenoxy) is 1. The first-order valence-corrected chi connectivity index (χ1v) is 11.6. The number of rotatable bonds is 5. The Bertz CT molecular complexity index is 1660. The molecule has 5 rings (SSSR count). The van der Waals surface area contributed by atoms with Gasteiger partial charge in [0.1, 0.15) is 17.8 Å². The lowest BCUT2D eigenvalue weighted by Gasteiger charge is -2.14. The van der Waals surface area contributed by atoms with Crippen LogP contribution < -0.4 is 15.4 Å². The molecule has 0 fully saturated rings. The number of aromatic nitrogens is 4. The Labute approximate surface area is 222 Å². The third kappa shape index (κ3) is 5.34. The SMILES string of the molecule is O=C(Nc1ccc(Cl)c(C(F)(F)F)c1)Nc1ccc(Oc2ccccc2-c2ncnc3[nH]ncc23)cc1Cl. The maximum atomic E-state index is 13.1. The molecule has 0 unspecified atom stereocenters. The van der Waals surface area contributed by atoms with Crippen molar-refractivity contribution in [1.82, 2.24) is 20.2 Å². The number of H-pyrrole nitrogens is 1. The average Bonchev–Trinajstić information content (AvgIpc) is 3.36. The predicted molar refractivity (Wildman–Crippen MR) is 138 cm³/mol. The van der Waals surface area contributed by atoms with Gasteiger partial charge in [0.05, 0.1) is 38.6 Å². The third-order valence-corrected chi connectivity index (χ3v) is 5.98. The van der Waals surface area contributed by atoms with E-state index in [-0.39, 0.29) is 16.4 Å². The summed E-state index contributed by atoms with van der Waals surface area (Å²) in [5.74, 6) is 0.866. The van der Waals surface area contributed by atoms with Gasteiger partial charge in [-0.3, -0.25) is 5.10 Å². The van der Waals surface area contributed by atoms with E-state index in [2.05, 4.69) is 30.8 Å². The molecule has 0 spiro atoms. The first-order chi connectivity index (χ1) is 18.2. The number of nitrogens with zero attached hydrogens (tertiary/aromatic N) is 3. The first kappa shape index (κ1) is 25.3. The van der Waals surface area contributed by atoms with Crippen LogP contribution in [-0.2, 0) is 6.18 Å². The zero-order valence-electron chi connectivity index (χ0n) is 19.0. The summed E-state index contributed by atoms with van der Waals surface area (Å²) >= 11 is 12.0. The van der Waals surface area contributed by atoms with E-state index >= 15 is 0 Å². The van der Waals surface area contributed by atoms with Gasteiger partial charge in [-0.25, -0.2) is 14.8 Å². The van der Waals surface area contributed by atoms with Crippen molar-refractivity contribution < 1.29 is 22.7 Å². The molecular formula is C25H15Cl2F3N6O2. The van der Waals surface area contributed by atoms with Crippen molar-refractivity contribution in [3.05, 3.63) is 88.8 Å². The molecule has 3 aromatic carbocycles. The van der Waals surface area contributed by atoms with Crippen molar-refractivity contribution in [3.63, 3.8) is 0 Å². The number of hydrogen-bond donors (Lipinski definition) is 3. The predicted octanol–water partition coefficient (Wildman–Crippen LogP) is 7.78. The molecule has 2 heterocycles. The Morgan fingerprint density at radius 2 is 1.76 bits per heavy atom. The Morgan fingerprint density at radius 3 is 2.55 bits per heavy atom. The van der Waals surface area contributed by atoms with E-state index in [1.165, 1.54) is 24.5 Å². The Morgan fingerprint density at radius 1 is 0.947 bits per heavy atom. The van der Waals surface area contributed by atoms with E-state index in [1.54, 1.807) is 24.4 Å². The second-order valence-corrected chi connectivity index (χ2v) is 8.68. The van der Waals surface area contributed by atoms with Crippen LogP contribution in [0.25, 0.3) is 22.3 Å². The lowest BCUT2D eigenvalue weighted by molar-refractivity contribution is -0.137. The first-order valence-electron chi connectivity index (χ1n) is 10.8. The smallest absolute Gasteiger partial charge is 0.417 e. The molecule has 2 aromatic heterocycles. The molecule has 0 bridgehead atoms. The fourth-order valence-electron chi connectivity index (χ4n) is 3.62. The summed E-state index contributed by atoms with van der Waals surface area (Å²) < 4.78 is 45.3. The summed E-state index contributed by atoms with van der Waals surface area (Å²) in [6.07, 6.45) is -1.62. The Hall–Kier alpha value is -4.35. The molecule has 8 nitrogen and oxygen atoms in total. The van der Waals surface area contributed by atoms with Crippen LogP contribution in [0.2, 0.25) is 10.0 Å². The van der Waals surface area contributed by atoms with Crippen LogP contribution in [0, 0.1) is 0 Å². The molecule has 2 amide bonds. The summed E-state index contributed by atoms with van der Waals surface area (Å²) in [7, 11) is 0. The van der Waals surface area contributed by atoms with Crippen LogP contribution in [0.1, 0.15) is 5.56 Å². The lowest BCUT2D eigenvalue weighted by atomic mass is 10.1. The minimum absolute atomic E-state index is 0.0941. The van der Waals surface area contributed by atoms with E-state index in [1.807, 2.05) is 12.1 Å². The Balaban J connectivity index is 1.32. The fourth-order valence-corrected chi connectivity index (χ4v) is 4.07. The second-order valence-electron chi connectivity index (χ2n) is 7.87. The van der Waals surface area contributed by atoms with Crippen LogP contribution in [0.15, 0.2) is 73.2 Å². The number of nitrogens with one attached hydrogen (secondary N) is 3. The zero-order valence-corrected chi connectivity index (χ0v) is 20.5. The highest BCUT2D eigenvalue weighted by molar-refractivity contribution is 6.34. The lowest BCUT2D eigenvalue weighted by Crippen LogP contribution is -2.20. The number of alkyl halides is 3. The summed E-state index contributed by atoms with van der Waals surface area (Å²) in [5.41, 5.74) is 0.951. The number of anilines is 2. The van der Waals surface area contributed by atoms with Gasteiger partial charge < -0.3 is 15.4 Å². The molecular weight excluding hydrogens is 544 g/mol. The molecule has 38 heavy (non-hydrogen) atoms. The van der Waals surface area contributed by atoms with Gasteiger partial charge >= 0.3 is 12.2 Å². The number of carbonyl (C=O) groups excluding carboxylic acids is 1. The van der Waals surface area contributed by atoms with Crippen molar-refractivity contribution >= 4 is 51.6 Å². The minimum Gasteiger partial charge on any atom is -0.457 e. The van der Waals surface area contributed by atoms with E-state index in [9.17, 15) is 18.0 Å². The maximum Gasteiger partial charge on any atom is 0.417 e. The number of carbonyl (C=O) groups is 1. The summed E-state index contributed by atoms with van der Waals surface area (Å²) in [6, 6.07) is 14.1. The van der Waals surface area contributed by atoms with E-state index in [4.69, 9.17) is 27.9 Å². The van der Waals surface area contributed by atoms with Gasteiger partial charge in [0.25, 0.3) is 0 Å². The highest BCUT2D eigenvalue weighted by Crippen LogP contribution is 2.38. The molecule has 0 aliphatic rings. The average molecular weight is 559 g/mol. The third-order valence-electron chi connectivity index (χ3n) is 5.34. The number of benzene rings is 3. The highest BCUT2D eigenvalue weighted by atomic mass is 35.5. The minimum atomic E-state index is -4.67. The quantitative estimate of drug-likeness (QED) is 0.204. The molecule has 0 saturated heterocycles. The van der Waals surface area contributed by atoms with Crippen molar-refractivity contribution in [1.29, 1.82) is 0 Å². The molecule has 13 heteroatoms. The van der Waals surface area contributed by atoms with Crippen molar-refractivity contribution in [2.24, 2.45) is 0 Å². The molecule has 5 aromatic rings. The zero-order chi connectivity index (χ0) is 26.9. The number of aromatic amines is 1. The highest BCUT2D eigenvalue weighted by Gasteiger charge is 2.33. The number of fused-ring (bicyclic) bond motifs is 1. The number of amides is 2. The van der Waals surface area contributed by atoms with Crippen LogP contribution in [0.4, 0.5) is 29.3 Å². The van der Waals surface area contributed by atoms with E-state index in [0.717, 1.165) is 17.5 Å². The van der Waals surface area contributed by atoms with Gasteiger partial charge in [-0.15, -0.1) is 0 Å². The standard InChI is InChI=1S/C25H15Cl2F3N6O2/c26-18-7-5-13(9-17(18)25(28,29)30)34-24(37)35-20-8-6-14(10-19(20)27)38-21-4-2-1-3-15(21)22-16-11-33-36-23(16)32-12-31-22/h1-12H,(H2,34,35,37)(H,31,32,33,36). The van der Waals surface area contributed by atoms with Crippen LogP contribution >= 0.6 is 23.2 Å². The molecule has 0 atom stereocenters. The molecule has 0 aliphatic carbocycles. The van der Waals surface area contributed by atoms with Gasteiger partial charge in [0, 0.05) is 17.3 Å². The normalized spacial score (nSPS) is 11.4. The van der Waals surface area contributed by atoms with Crippen molar-refractivity contribution in [2.45, 2.75) is 6.18 Å². The van der Waals surface area contributed by atoms with Crippen LogP contribution in [-0.4, -0.2) is 26.2 Å². The largest absolute Gasteiger partial charge is 0.457 e. The number of halogens is 5. The molecule has 3 N–H and O–H groups in total. The van der Waals surface area contributed by atoms with Crippen molar-refractivity contribution in [3.8, 4) is 22.8 Å². The monoisotopic (exact) mass is 558 g/mol. The molecule has 0 radical (unpaired) electrons. The Kier molecular flexibility index (Phi) is 6.79. The maximum absolute atomic E-state index is 13.1. The molecule has 192 valence electrons. The van der Waals surface area contributed by atoms with Gasteiger partial charge in [-0.1, -0.05) is 35.3 Å². The summed E-state index contributed by atoms with van der Waals surface area (Å²) in [6.45, 7) is 0. The van der Waals surface area contributed by atoms with Crippen molar-refractivity contribution in [2.75, 3.05) is 10.6 Å². The van der Waals surface area contributed by atoms with Gasteiger partial charge in [0.15, 0.2) is 5.65 Å². The molecule has 0 saturated carbocycles. The van der Waals surface area contributed by atoms with E-state index < -0.39 is 22.8 Å². The van der Waals surface area contributed by atoms with E-state index in [0.29, 0.717) is 28.4 Å². The summed E-state index contributed by atoms with van der Waals surface area (Å²) in [4.78, 5) is 20.9. The number of urea groups is 1. The van der Waals surface area contributed by atoms with Crippen LogP contribution in [0.3, 0.4) is 0 Å². The number of para-hydroxylation sites is 1. The van der Waals surface area contributed by atoms with Gasteiger partial charge in [-0.2, -0.15) is 18.3 Å². The molecule has 0 aliphatic heterocycles. The van der Waals surface area contributed by atoms with Gasteiger partial charge in [0.2, 0.25) is 0 Å². The van der Waals surface area contributed by atoms with Gasteiger partial charge in [-0.05, 0) is 42.5 Å².